The molecule has 0 aliphatic rings. The van der Waals surface area contributed by atoms with Crippen LogP contribution in [0.15, 0.2) is 78.9 Å². The van der Waals surface area contributed by atoms with Crippen molar-refractivity contribution in [1.29, 1.82) is 0 Å². The first-order valence-electron chi connectivity index (χ1n) is 9.80. The number of hydrogen-bond donors (Lipinski definition) is 1. The summed E-state index contributed by atoms with van der Waals surface area (Å²) in [5.41, 5.74) is 2.59. The van der Waals surface area contributed by atoms with Crippen LogP contribution in [-0.2, 0) is 16.3 Å². The molecule has 1 atom stereocenters. The number of halogens is 1. The lowest BCUT2D eigenvalue weighted by Crippen LogP contribution is -2.17. The van der Waals surface area contributed by atoms with Crippen molar-refractivity contribution in [2.75, 3.05) is 5.75 Å². The first kappa shape index (κ1) is 22.6. The maximum atomic E-state index is 12.8. The van der Waals surface area contributed by atoms with Crippen LogP contribution >= 0.6 is 11.6 Å². The Labute approximate surface area is 188 Å². The molecule has 31 heavy (non-hydrogen) atoms. The van der Waals surface area contributed by atoms with E-state index < -0.39 is 15.1 Å². The Hall–Kier alpha value is -3.07. The summed E-state index contributed by atoms with van der Waals surface area (Å²) in [6.45, 7) is 1.63. The molecule has 0 spiro atoms. The van der Waals surface area contributed by atoms with Gasteiger partial charge in [0.25, 0.3) is 5.91 Å². The van der Waals surface area contributed by atoms with Crippen molar-refractivity contribution >= 4 is 27.3 Å². The Morgan fingerprint density at radius 3 is 2.26 bits per heavy atom. The van der Waals surface area contributed by atoms with Crippen LogP contribution in [0.4, 0.5) is 0 Å². The van der Waals surface area contributed by atoms with Gasteiger partial charge in [0.1, 0.15) is 5.25 Å². The van der Waals surface area contributed by atoms with Gasteiger partial charge in [0, 0.05) is 28.8 Å². The topological polar surface area (TPSA) is 63.2 Å². The molecule has 0 heterocycles. The van der Waals surface area contributed by atoms with Crippen LogP contribution in [0.3, 0.4) is 0 Å². The minimum Gasteiger partial charge on any atom is -0.281 e. The fraction of sp³-hybridized carbons (Fsp3) is 0.160. The van der Waals surface area contributed by atoms with Crippen LogP contribution in [0.5, 0.6) is 0 Å². The molecular weight excluding hydrogens is 430 g/mol. The highest BCUT2D eigenvalue weighted by atomic mass is 35.5. The molecule has 4 nitrogen and oxygen atoms in total. The highest BCUT2D eigenvalue weighted by Gasteiger charge is 2.29. The lowest BCUT2D eigenvalue weighted by molar-refractivity contribution is 0.0973. The smallest absolute Gasteiger partial charge is 0.262 e. The molecule has 0 saturated carbocycles. The molecule has 0 aliphatic carbocycles. The molecule has 0 radical (unpaired) electrons. The Bertz CT molecular complexity index is 1210. The first-order chi connectivity index (χ1) is 14.9. The van der Waals surface area contributed by atoms with Gasteiger partial charge in [0.05, 0.1) is 0 Å². The van der Waals surface area contributed by atoms with Gasteiger partial charge >= 0.3 is 0 Å². The number of carbonyl (C=O) groups is 1. The van der Waals surface area contributed by atoms with Crippen LogP contribution in [-0.4, -0.2) is 20.1 Å². The monoisotopic (exact) mass is 451 g/mol. The van der Waals surface area contributed by atoms with Crippen molar-refractivity contribution in [3.05, 3.63) is 106 Å². The second-order valence-corrected chi connectivity index (χ2v) is 9.68. The molecule has 1 amide bonds. The van der Waals surface area contributed by atoms with Crippen molar-refractivity contribution in [3.8, 4) is 12.0 Å². The summed E-state index contributed by atoms with van der Waals surface area (Å²) in [7, 11) is -3.42. The largest absolute Gasteiger partial charge is 0.281 e. The molecule has 3 aromatic rings. The van der Waals surface area contributed by atoms with E-state index in [1.54, 1.807) is 55.5 Å². The highest BCUT2D eigenvalue weighted by Crippen LogP contribution is 2.35. The van der Waals surface area contributed by atoms with Crippen molar-refractivity contribution in [3.63, 3.8) is 0 Å². The van der Waals surface area contributed by atoms with Crippen LogP contribution in [0.2, 0.25) is 5.02 Å². The SMILES string of the molecule is CCS(=O)(=O)C(c1ccccc1)c1ccc(CC#CNC(=O)c2ccccc2)cc1Cl. The molecule has 0 saturated heterocycles. The van der Waals surface area contributed by atoms with E-state index in [9.17, 15) is 13.2 Å². The van der Waals surface area contributed by atoms with Crippen molar-refractivity contribution in [2.24, 2.45) is 0 Å². The van der Waals surface area contributed by atoms with Gasteiger partial charge in [-0.05, 0) is 34.9 Å². The van der Waals surface area contributed by atoms with Crippen LogP contribution in [0.25, 0.3) is 0 Å². The summed E-state index contributed by atoms with van der Waals surface area (Å²) in [4.78, 5) is 12.0. The standard InChI is InChI=1S/C25H22ClNO3S/c1-2-31(29,30)24(20-11-5-3-6-12-20)22-16-15-19(18-23(22)26)10-9-17-27-25(28)21-13-7-4-8-14-21/h3-8,11-16,18,24H,2,10H2,1H3,(H,27,28). The van der Waals surface area contributed by atoms with Gasteiger partial charge in [-0.1, -0.05) is 85.1 Å². The fourth-order valence-electron chi connectivity index (χ4n) is 3.18. The maximum absolute atomic E-state index is 12.8. The zero-order chi connectivity index (χ0) is 22.3. The van der Waals surface area contributed by atoms with E-state index in [-0.39, 0.29) is 11.7 Å². The van der Waals surface area contributed by atoms with Crippen molar-refractivity contribution < 1.29 is 13.2 Å². The normalized spacial score (nSPS) is 11.8. The van der Waals surface area contributed by atoms with Gasteiger partial charge in [-0.15, -0.1) is 0 Å². The zero-order valence-electron chi connectivity index (χ0n) is 17.0. The predicted molar refractivity (Wildman–Crippen MR) is 125 cm³/mol. The highest BCUT2D eigenvalue weighted by molar-refractivity contribution is 7.91. The molecular formula is C25H22ClNO3S. The average molecular weight is 452 g/mol. The molecule has 3 rings (SSSR count). The second kappa shape index (κ2) is 10.3. The number of amides is 1. The fourth-order valence-corrected chi connectivity index (χ4v) is 5.05. The van der Waals surface area contributed by atoms with Gasteiger partial charge in [-0.2, -0.15) is 0 Å². The molecule has 0 fully saturated rings. The molecule has 1 unspecified atom stereocenters. The van der Waals surface area contributed by atoms with Crippen LogP contribution in [0, 0.1) is 12.0 Å². The lowest BCUT2D eigenvalue weighted by atomic mass is 10.0. The Morgan fingerprint density at radius 1 is 1.00 bits per heavy atom. The third kappa shape index (κ3) is 5.75. The predicted octanol–water partition coefficient (Wildman–Crippen LogP) is 4.80. The van der Waals surface area contributed by atoms with Gasteiger partial charge in [-0.3, -0.25) is 10.1 Å². The Kier molecular flexibility index (Phi) is 7.51. The molecule has 6 heteroatoms. The number of benzene rings is 3. The number of carbonyl (C=O) groups excluding carboxylic acids is 1. The van der Waals surface area contributed by atoms with Crippen LogP contribution < -0.4 is 5.32 Å². The zero-order valence-corrected chi connectivity index (χ0v) is 18.6. The van der Waals surface area contributed by atoms with E-state index in [0.29, 0.717) is 28.1 Å². The van der Waals surface area contributed by atoms with E-state index in [1.165, 1.54) is 0 Å². The summed E-state index contributed by atoms with van der Waals surface area (Å²) < 4.78 is 25.6. The molecule has 158 valence electrons. The maximum Gasteiger partial charge on any atom is 0.262 e. The second-order valence-electron chi connectivity index (χ2n) is 6.90. The summed E-state index contributed by atoms with van der Waals surface area (Å²) in [5, 5.41) is 2.10. The quantitative estimate of drug-likeness (QED) is 0.432. The molecule has 0 bridgehead atoms. The summed E-state index contributed by atoms with van der Waals surface area (Å²) in [6.07, 6.45) is 0.367. The number of sulfone groups is 1. The molecule has 3 aromatic carbocycles. The third-order valence-electron chi connectivity index (χ3n) is 4.80. The molecule has 1 N–H and O–H groups in total. The summed E-state index contributed by atoms with van der Waals surface area (Å²) in [6, 6.07) is 25.8. The number of nitrogens with one attached hydrogen (secondary N) is 1. The average Bonchev–Trinajstić information content (AvgIpc) is 2.79. The Balaban J connectivity index is 1.77. The summed E-state index contributed by atoms with van der Waals surface area (Å²) in [5.74, 6) is 2.64. The first-order valence-corrected chi connectivity index (χ1v) is 11.9. The van der Waals surface area contributed by atoms with E-state index in [0.717, 1.165) is 5.56 Å². The van der Waals surface area contributed by atoms with Crippen molar-refractivity contribution in [2.45, 2.75) is 18.6 Å². The van der Waals surface area contributed by atoms with Gasteiger partial charge < -0.3 is 0 Å². The third-order valence-corrected chi connectivity index (χ3v) is 7.18. The number of rotatable bonds is 6. The minimum absolute atomic E-state index is 0.0111. The Morgan fingerprint density at radius 2 is 1.65 bits per heavy atom. The van der Waals surface area contributed by atoms with E-state index in [4.69, 9.17) is 11.6 Å². The van der Waals surface area contributed by atoms with E-state index in [1.807, 2.05) is 30.3 Å². The summed E-state index contributed by atoms with van der Waals surface area (Å²) >= 11 is 6.50. The van der Waals surface area contributed by atoms with Gasteiger partial charge in [0.2, 0.25) is 0 Å². The van der Waals surface area contributed by atoms with E-state index in [2.05, 4.69) is 17.3 Å². The lowest BCUT2D eigenvalue weighted by Gasteiger charge is -2.19. The molecule has 0 aromatic heterocycles. The van der Waals surface area contributed by atoms with Gasteiger partial charge in [-0.25, -0.2) is 8.42 Å². The van der Waals surface area contributed by atoms with E-state index >= 15 is 0 Å². The number of hydrogen-bond acceptors (Lipinski definition) is 3. The van der Waals surface area contributed by atoms with Gasteiger partial charge in [0.15, 0.2) is 9.84 Å². The van der Waals surface area contributed by atoms with Crippen LogP contribution in [0.1, 0.15) is 39.2 Å². The minimum atomic E-state index is -3.42. The van der Waals surface area contributed by atoms with Crippen molar-refractivity contribution in [1.82, 2.24) is 5.32 Å². The molecule has 0 aliphatic heterocycles.